The summed E-state index contributed by atoms with van der Waals surface area (Å²) < 4.78 is 34.7. The summed E-state index contributed by atoms with van der Waals surface area (Å²) in [5.41, 5.74) is 0. The molecule has 0 aliphatic rings. The van der Waals surface area contributed by atoms with Gasteiger partial charge in [-0.25, -0.2) is 8.42 Å². The van der Waals surface area contributed by atoms with Crippen molar-refractivity contribution in [3.8, 4) is 0 Å². The standard InChI is InChI=1S/C9H21NO4S/c1-4-9-15(11,12)10(5-7-13-2)6-8-14-3/h4-9H2,1-3H3. The first kappa shape index (κ1) is 14.8. The zero-order valence-electron chi connectivity index (χ0n) is 9.73. The molecule has 0 aromatic carbocycles. The van der Waals surface area contributed by atoms with Crippen LogP contribution < -0.4 is 0 Å². The van der Waals surface area contributed by atoms with Gasteiger partial charge in [-0.3, -0.25) is 0 Å². The van der Waals surface area contributed by atoms with Crippen molar-refractivity contribution in [2.24, 2.45) is 0 Å². The van der Waals surface area contributed by atoms with Gasteiger partial charge in [0.15, 0.2) is 0 Å². The average molecular weight is 239 g/mol. The van der Waals surface area contributed by atoms with E-state index in [0.717, 1.165) is 0 Å². The van der Waals surface area contributed by atoms with Gasteiger partial charge in [-0.05, 0) is 6.42 Å². The van der Waals surface area contributed by atoms with Crippen LogP contribution in [0.5, 0.6) is 0 Å². The summed E-state index contributed by atoms with van der Waals surface area (Å²) in [7, 11) is -0.0306. The summed E-state index contributed by atoms with van der Waals surface area (Å²) in [4.78, 5) is 0. The molecule has 6 heteroatoms. The molecule has 0 aliphatic carbocycles. The smallest absolute Gasteiger partial charge is 0.214 e. The number of ether oxygens (including phenoxy) is 2. The minimum absolute atomic E-state index is 0.181. The quantitative estimate of drug-likeness (QED) is 0.581. The highest BCUT2D eigenvalue weighted by molar-refractivity contribution is 7.89. The van der Waals surface area contributed by atoms with Crippen LogP contribution in [0.15, 0.2) is 0 Å². The second kappa shape index (κ2) is 8.04. The molecule has 0 aliphatic heterocycles. The fraction of sp³-hybridized carbons (Fsp3) is 1.00. The predicted octanol–water partition coefficient (Wildman–Crippen LogP) is 0.321. The van der Waals surface area contributed by atoms with Gasteiger partial charge < -0.3 is 9.47 Å². The van der Waals surface area contributed by atoms with Gasteiger partial charge >= 0.3 is 0 Å². The normalized spacial score (nSPS) is 12.3. The summed E-state index contributed by atoms with van der Waals surface area (Å²) >= 11 is 0. The van der Waals surface area contributed by atoms with Crippen molar-refractivity contribution in [2.45, 2.75) is 13.3 Å². The second-order valence-corrected chi connectivity index (χ2v) is 5.29. The first-order valence-corrected chi connectivity index (χ1v) is 6.65. The largest absolute Gasteiger partial charge is 0.383 e. The van der Waals surface area contributed by atoms with Crippen LogP contribution in [0, 0.1) is 0 Å². The van der Waals surface area contributed by atoms with E-state index in [9.17, 15) is 8.42 Å². The highest BCUT2D eigenvalue weighted by atomic mass is 32.2. The highest BCUT2D eigenvalue weighted by Gasteiger charge is 2.19. The molecule has 0 rings (SSSR count). The van der Waals surface area contributed by atoms with E-state index >= 15 is 0 Å². The molecule has 0 saturated carbocycles. The van der Waals surface area contributed by atoms with E-state index < -0.39 is 10.0 Å². The molecule has 0 fully saturated rings. The summed E-state index contributed by atoms with van der Waals surface area (Å²) in [6.07, 6.45) is 0.624. The van der Waals surface area contributed by atoms with Crippen molar-refractivity contribution in [3.63, 3.8) is 0 Å². The molecule has 0 spiro atoms. The summed E-state index contributed by atoms with van der Waals surface area (Å²) in [6.45, 7) is 3.45. The second-order valence-electron chi connectivity index (χ2n) is 3.20. The zero-order chi connectivity index (χ0) is 11.7. The summed E-state index contributed by atoms with van der Waals surface area (Å²) in [5, 5.41) is 0. The van der Waals surface area contributed by atoms with Crippen molar-refractivity contribution in [2.75, 3.05) is 46.3 Å². The molecule has 0 aromatic rings. The lowest BCUT2D eigenvalue weighted by Gasteiger charge is -2.21. The highest BCUT2D eigenvalue weighted by Crippen LogP contribution is 2.03. The van der Waals surface area contributed by atoms with E-state index in [-0.39, 0.29) is 5.75 Å². The van der Waals surface area contributed by atoms with Crippen LogP contribution >= 0.6 is 0 Å². The third kappa shape index (κ3) is 6.09. The van der Waals surface area contributed by atoms with Gasteiger partial charge in [0.2, 0.25) is 10.0 Å². The molecule has 5 nitrogen and oxygen atoms in total. The Morgan fingerprint density at radius 2 is 1.53 bits per heavy atom. The molecule has 0 bridgehead atoms. The number of rotatable bonds is 9. The Kier molecular flexibility index (Phi) is 7.95. The van der Waals surface area contributed by atoms with Gasteiger partial charge in [-0.15, -0.1) is 0 Å². The Bertz CT molecular complexity index is 232. The average Bonchev–Trinajstić information content (AvgIpc) is 2.17. The SMILES string of the molecule is CCCS(=O)(=O)N(CCOC)CCOC. The van der Waals surface area contributed by atoms with E-state index in [2.05, 4.69) is 0 Å². The van der Waals surface area contributed by atoms with Crippen molar-refractivity contribution >= 4 is 10.0 Å². The van der Waals surface area contributed by atoms with Gasteiger partial charge in [0.25, 0.3) is 0 Å². The number of methoxy groups -OCH3 is 2. The van der Waals surface area contributed by atoms with Crippen molar-refractivity contribution in [3.05, 3.63) is 0 Å². The summed E-state index contributed by atoms with van der Waals surface area (Å²) in [5.74, 6) is 0.181. The van der Waals surface area contributed by atoms with E-state index in [4.69, 9.17) is 9.47 Å². The van der Waals surface area contributed by atoms with E-state index in [0.29, 0.717) is 32.7 Å². The lowest BCUT2D eigenvalue weighted by molar-refractivity contribution is 0.150. The molecule has 0 radical (unpaired) electrons. The van der Waals surface area contributed by atoms with Crippen LogP contribution in [0.1, 0.15) is 13.3 Å². The third-order valence-electron chi connectivity index (χ3n) is 1.95. The van der Waals surface area contributed by atoms with Crippen LogP contribution in [0.2, 0.25) is 0 Å². The Hall–Kier alpha value is -0.170. The number of hydrogen-bond donors (Lipinski definition) is 0. The Balaban J connectivity index is 4.32. The lowest BCUT2D eigenvalue weighted by atomic mass is 10.6. The van der Waals surface area contributed by atoms with E-state index in [1.165, 1.54) is 4.31 Å². The van der Waals surface area contributed by atoms with Crippen LogP contribution in [0.4, 0.5) is 0 Å². The zero-order valence-corrected chi connectivity index (χ0v) is 10.5. The van der Waals surface area contributed by atoms with Crippen LogP contribution in [0.25, 0.3) is 0 Å². The van der Waals surface area contributed by atoms with Gasteiger partial charge in [-0.2, -0.15) is 4.31 Å². The lowest BCUT2D eigenvalue weighted by Crippen LogP contribution is -2.37. The molecule has 0 aromatic heterocycles. The molecule has 0 heterocycles. The molecular formula is C9H21NO4S. The van der Waals surface area contributed by atoms with Gasteiger partial charge in [0.05, 0.1) is 19.0 Å². The first-order valence-electron chi connectivity index (χ1n) is 5.04. The minimum atomic E-state index is -3.14. The Morgan fingerprint density at radius 1 is 1.07 bits per heavy atom. The maximum atomic E-state index is 11.8. The fourth-order valence-electron chi connectivity index (χ4n) is 1.16. The van der Waals surface area contributed by atoms with E-state index in [1.807, 2.05) is 6.92 Å². The van der Waals surface area contributed by atoms with Crippen LogP contribution in [-0.4, -0.2) is 59.0 Å². The van der Waals surface area contributed by atoms with Gasteiger partial charge in [0.1, 0.15) is 0 Å². The Morgan fingerprint density at radius 3 is 1.87 bits per heavy atom. The first-order chi connectivity index (χ1) is 7.08. The van der Waals surface area contributed by atoms with Gasteiger partial charge in [-0.1, -0.05) is 6.92 Å². The predicted molar refractivity (Wildman–Crippen MR) is 59.4 cm³/mol. The van der Waals surface area contributed by atoms with Gasteiger partial charge in [0, 0.05) is 27.3 Å². The topological polar surface area (TPSA) is 55.8 Å². The van der Waals surface area contributed by atoms with Crippen LogP contribution in [0.3, 0.4) is 0 Å². The number of sulfonamides is 1. The molecule has 92 valence electrons. The molecule has 15 heavy (non-hydrogen) atoms. The summed E-state index contributed by atoms with van der Waals surface area (Å²) in [6, 6.07) is 0. The van der Waals surface area contributed by atoms with Crippen molar-refractivity contribution < 1.29 is 17.9 Å². The fourth-order valence-corrected chi connectivity index (χ4v) is 2.64. The molecule has 0 saturated heterocycles. The maximum absolute atomic E-state index is 11.8. The minimum Gasteiger partial charge on any atom is -0.383 e. The molecule has 0 unspecified atom stereocenters. The molecule has 0 amide bonds. The maximum Gasteiger partial charge on any atom is 0.214 e. The van der Waals surface area contributed by atoms with E-state index in [1.54, 1.807) is 14.2 Å². The molecule has 0 N–H and O–H groups in total. The third-order valence-corrected chi connectivity index (χ3v) is 4.02. The molecule has 0 atom stereocenters. The van der Waals surface area contributed by atoms with Crippen molar-refractivity contribution in [1.29, 1.82) is 0 Å². The monoisotopic (exact) mass is 239 g/mol. The van der Waals surface area contributed by atoms with Crippen molar-refractivity contribution in [1.82, 2.24) is 4.31 Å². The van der Waals surface area contributed by atoms with Crippen LogP contribution in [-0.2, 0) is 19.5 Å². The number of hydrogen-bond acceptors (Lipinski definition) is 4. The number of nitrogens with zero attached hydrogens (tertiary/aromatic N) is 1. The Labute approximate surface area is 92.4 Å². The molecular weight excluding hydrogens is 218 g/mol.